The third-order valence-corrected chi connectivity index (χ3v) is 2.66. The fourth-order valence-corrected chi connectivity index (χ4v) is 1.92. The second-order valence-electron chi connectivity index (χ2n) is 3.64. The predicted molar refractivity (Wildman–Crippen MR) is 64.3 cm³/mol. The summed E-state index contributed by atoms with van der Waals surface area (Å²) in [6, 6.07) is 11.7. The minimum Gasteiger partial charge on any atom is -0.383 e. The normalized spacial score (nSPS) is 11.0. The zero-order valence-corrected chi connectivity index (χ0v) is 8.40. The molecule has 1 aromatic heterocycles. The Morgan fingerprint density at radius 2 is 1.88 bits per heavy atom. The van der Waals surface area contributed by atoms with Crippen molar-refractivity contribution in [1.82, 2.24) is 9.97 Å². The molecule has 78 valence electrons. The smallest absolute Gasteiger partial charge is 0.347 e. The number of nitrogens with zero attached hydrogens (tertiary/aromatic N) is 1. The van der Waals surface area contributed by atoms with Gasteiger partial charge < -0.3 is 10.7 Å². The zero-order chi connectivity index (χ0) is 11.1. The number of aromatic amines is 1. The van der Waals surface area contributed by atoms with E-state index in [9.17, 15) is 4.79 Å². The number of rotatable bonds is 0. The van der Waals surface area contributed by atoms with Crippen molar-refractivity contribution in [2.75, 3.05) is 5.73 Å². The Labute approximate surface area is 90.7 Å². The summed E-state index contributed by atoms with van der Waals surface area (Å²) in [6.45, 7) is 0. The summed E-state index contributed by atoms with van der Waals surface area (Å²) in [5.41, 5.74) is 6.05. The summed E-state index contributed by atoms with van der Waals surface area (Å²) in [4.78, 5) is 17.7. The number of nitrogen functional groups attached to an aromatic ring is 1. The molecule has 0 spiro atoms. The number of hydrogen-bond acceptors (Lipinski definition) is 3. The van der Waals surface area contributed by atoms with Crippen molar-refractivity contribution in [3.8, 4) is 0 Å². The van der Waals surface area contributed by atoms with E-state index in [1.807, 2.05) is 36.4 Å². The second kappa shape index (κ2) is 3.06. The first-order valence-electron chi connectivity index (χ1n) is 4.93. The summed E-state index contributed by atoms with van der Waals surface area (Å²) in [5.74, 6) is 0.268. The van der Waals surface area contributed by atoms with Gasteiger partial charge in [-0.15, -0.1) is 0 Å². The van der Waals surface area contributed by atoms with Crippen LogP contribution in [-0.4, -0.2) is 9.97 Å². The number of nitrogens with two attached hydrogens (primary N) is 1. The molecular weight excluding hydrogens is 202 g/mol. The van der Waals surface area contributed by atoms with Crippen molar-refractivity contribution in [3.05, 3.63) is 46.9 Å². The van der Waals surface area contributed by atoms with Crippen LogP contribution in [0.25, 0.3) is 21.7 Å². The molecule has 3 N–H and O–H groups in total. The van der Waals surface area contributed by atoms with Crippen molar-refractivity contribution < 1.29 is 0 Å². The molecule has 0 atom stereocenters. The van der Waals surface area contributed by atoms with Crippen LogP contribution < -0.4 is 11.4 Å². The maximum Gasteiger partial charge on any atom is 0.347 e. The maximum absolute atomic E-state index is 11.3. The van der Waals surface area contributed by atoms with Gasteiger partial charge in [-0.3, -0.25) is 0 Å². The predicted octanol–water partition coefficient (Wildman–Crippen LogP) is 1.66. The minimum atomic E-state index is -0.415. The van der Waals surface area contributed by atoms with Crippen LogP contribution in [0.4, 0.5) is 5.82 Å². The molecule has 4 heteroatoms. The largest absolute Gasteiger partial charge is 0.383 e. The molecule has 0 aliphatic rings. The molecule has 3 rings (SSSR count). The van der Waals surface area contributed by atoms with Crippen LogP contribution in [0, 0.1) is 0 Å². The molecule has 0 saturated heterocycles. The highest BCUT2D eigenvalue weighted by atomic mass is 16.1. The number of nitrogens with one attached hydrogen (secondary N) is 1. The van der Waals surface area contributed by atoms with Crippen LogP contribution in [0.15, 0.2) is 41.2 Å². The number of hydrogen-bond donors (Lipinski definition) is 2. The van der Waals surface area contributed by atoms with Crippen LogP contribution in [0.5, 0.6) is 0 Å². The van der Waals surface area contributed by atoms with Crippen LogP contribution in [0.3, 0.4) is 0 Å². The van der Waals surface area contributed by atoms with Gasteiger partial charge in [-0.2, -0.15) is 4.98 Å². The molecule has 0 fully saturated rings. The molecule has 1 heterocycles. The van der Waals surface area contributed by atoms with Gasteiger partial charge in [0.15, 0.2) is 0 Å². The van der Waals surface area contributed by atoms with Crippen LogP contribution in [0.2, 0.25) is 0 Å². The van der Waals surface area contributed by atoms with E-state index in [0.717, 1.165) is 21.7 Å². The third kappa shape index (κ3) is 1.16. The molecule has 16 heavy (non-hydrogen) atoms. The number of fused-ring (bicyclic) bond motifs is 3. The molecule has 0 saturated carbocycles. The lowest BCUT2D eigenvalue weighted by Gasteiger charge is -2.04. The van der Waals surface area contributed by atoms with E-state index in [0.29, 0.717) is 0 Å². The number of aromatic nitrogens is 2. The summed E-state index contributed by atoms with van der Waals surface area (Å²) >= 11 is 0. The molecule has 0 unspecified atom stereocenters. The molecule has 3 aromatic rings. The van der Waals surface area contributed by atoms with Crippen molar-refractivity contribution in [1.29, 1.82) is 0 Å². The summed E-state index contributed by atoms with van der Waals surface area (Å²) < 4.78 is 0. The van der Waals surface area contributed by atoms with Gasteiger partial charge in [-0.25, -0.2) is 4.79 Å². The van der Waals surface area contributed by atoms with E-state index in [4.69, 9.17) is 5.73 Å². The fourth-order valence-electron chi connectivity index (χ4n) is 1.92. The Morgan fingerprint density at radius 1 is 1.06 bits per heavy atom. The molecule has 0 aliphatic heterocycles. The Hall–Kier alpha value is -2.36. The zero-order valence-electron chi connectivity index (χ0n) is 8.40. The lowest BCUT2D eigenvalue weighted by Crippen LogP contribution is -2.12. The van der Waals surface area contributed by atoms with Gasteiger partial charge in [0, 0.05) is 10.8 Å². The molecule has 0 bridgehead atoms. The Kier molecular flexibility index (Phi) is 1.71. The Balaban J connectivity index is 2.65. The van der Waals surface area contributed by atoms with E-state index in [-0.39, 0.29) is 5.82 Å². The standard InChI is InChI=1S/C12H9N3O/c13-11-9-6-5-7-3-1-2-4-8(7)10(9)14-12(16)15-11/h1-6H,(H3,13,14,15,16). The molecule has 0 radical (unpaired) electrons. The van der Waals surface area contributed by atoms with E-state index >= 15 is 0 Å². The number of benzene rings is 2. The first kappa shape index (κ1) is 8.91. The van der Waals surface area contributed by atoms with E-state index in [2.05, 4.69) is 9.97 Å². The summed E-state index contributed by atoms with van der Waals surface area (Å²) in [5, 5.41) is 2.82. The van der Waals surface area contributed by atoms with Crippen LogP contribution in [-0.2, 0) is 0 Å². The van der Waals surface area contributed by atoms with Gasteiger partial charge in [0.1, 0.15) is 5.82 Å². The molecule has 0 amide bonds. The lowest BCUT2D eigenvalue weighted by atomic mass is 10.1. The van der Waals surface area contributed by atoms with Crippen molar-refractivity contribution in [2.45, 2.75) is 0 Å². The van der Waals surface area contributed by atoms with E-state index in [1.54, 1.807) is 0 Å². The van der Waals surface area contributed by atoms with Crippen molar-refractivity contribution in [2.24, 2.45) is 0 Å². The number of anilines is 1. The highest BCUT2D eigenvalue weighted by Gasteiger charge is 2.04. The average Bonchev–Trinajstić information content (AvgIpc) is 2.28. The van der Waals surface area contributed by atoms with Gasteiger partial charge >= 0.3 is 5.69 Å². The molecule has 4 nitrogen and oxygen atoms in total. The van der Waals surface area contributed by atoms with Crippen molar-refractivity contribution in [3.63, 3.8) is 0 Å². The van der Waals surface area contributed by atoms with E-state index in [1.165, 1.54) is 0 Å². The number of H-pyrrole nitrogens is 1. The van der Waals surface area contributed by atoms with Gasteiger partial charge in [0.25, 0.3) is 0 Å². The quantitative estimate of drug-likeness (QED) is 0.555. The first-order valence-corrected chi connectivity index (χ1v) is 4.93. The maximum atomic E-state index is 11.3. The Bertz CT molecular complexity index is 746. The average molecular weight is 211 g/mol. The van der Waals surface area contributed by atoms with Crippen LogP contribution in [0.1, 0.15) is 0 Å². The van der Waals surface area contributed by atoms with Gasteiger partial charge in [0.2, 0.25) is 0 Å². The summed E-state index contributed by atoms with van der Waals surface area (Å²) in [7, 11) is 0. The first-order chi connectivity index (χ1) is 7.75. The topological polar surface area (TPSA) is 71.8 Å². The van der Waals surface area contributed by atoms with Gasteiger partial charge in [-0.05, 0) is 11.5 Å². The molecular formula is C12H9N3O. The Morgan fingerprint density at radius 3 is 2.75 bits per heavy atom. The highest BCUT2D eigenvalue weighted by Crippen LogP contribution is 2.24. The highest BCUT2D eigenvalue weighted by molar-refractivity contribution is 6.07. The fraction of sp³-hybridized carbons (Fsp3) is 0. The van der Waals surface area contributed by atoms with Gasteiger partial charge in [-0.1, -0.05) is 30.3 Å². The third-order valence-electron chi connectivity index (χ3n) is 2.66. The minimum absolute atomic E-state index is 0.268. The van der Waals surface area contributed by atoms with Crippen molar-refractivity contribution >= 4 is 27.5 Å². The van der Waals surface area contributed by atoms with Crippen LogP contribution >= 0.6 is 0 Å². The lowest BCUT2D eigenvalue weighted by molar-refractivity contribution is 1.13. The second-order valence-corrected chi connectivity index (χ2v) is 3.64. The molecule has 2 aromatic carbocycles. The monoisotopic (exact) mass is 211 g/mol. The SMILES string of the molecule is Nc1nc(=O)[nH]c2c1ccc1ccccc12. The molecule has 0 aliphatic carbocycles. The van der Waals surface area contributed by atoms with E-state index < -0.39 is 5.69 Å². The summed E-state index contributed by atoms with van der Waals surface area (Å²) in [6.07, 6.45) is 0. The van der Waals surface area contributed by atoms with Gasteiger partial charge in [0.05, 0.1) is 5.52 Å².